The highest BCUT2D eigenvalue weighted by Gasteiger charge is 2.21. The fraction of sp³-hybridized carbons (Fsp3) is 0.192. The van der Waals surface area contributed by atoms with Crippen LogP contribution in [0.2, 0.25) is 0 Å². The van der Waals surface area contributed by atoms with Crippen molar-refractivity contribution in [2.24, 2.45) is 7.05 Å². The molecule has 1 N–H and O–H groups in total. The van der Waals surface area contributed by atoms with Crippen LogP contribution in [0.5, 0.6) is 0 Å². The molecule has 0 spiro atoms. The Kier molecular flexibility index (Phi) is 5.07. The quantitative estimate of drug-likeness (QED) is 0.449. The highest BCUT2D eigenvalue weighted by atomic mass is 16.3. The first-order valence-electron chi connectivity index (χ1n) is 10.6. The molecule has 0 saturated carbocycles. The second kappa shape index (κ2) is 8.05. The average molecular weight is 424 g/mol. The van der Waals surface area contributed by atoms with Crippen LogP contribution in [0.3, 0.4) is 0 Å². The first kappa shape index (κ1) is 20.2. The molecular weight excluding hydrogens is 398 g/mol. The molecule has 0 aliphatic rings. The van der Waals surface area contributed by atoms with Gasteiger partial charge in [0.05, 0.1) is 17.2 Å². The maximum Gasteiger partial charge on any atom is 0.143 e. The predicted molar refractivity (Wildman–Crippen MR) is 125 cm³/mol. The van der Waals surface area contributed by atoms with Gasteiger partial charge < -0.3 is 9.67 Å². The van der Waals surface area contributed by atoms with Crippen LogP contribution in [0.15, 0.2) is 73.3 Å². The summed E-state index contributed by atoms with van der Waals surface area (Å²) >= 11 is 0. The molecule has 0 aliphatic heterocycles. The van der Waals surface area contributed by atoms with Crippen LogP contribution in [0.4, 0.5) is 0 Å². The number of hydrogen-bond acceptors (Lipinski definition) is 4. The maximum atomic E-state index is 11.2. The van der Waals surface area contributed by atoms with Crippen LogP contribution in [0.1, 0.15) is 34.2 Å². The lowest BCUT2D eigenvalue weighted by Crippen LogP contribution is -2.12. The minimum Gasteiger partial charge on any atom is -0.380 e. The van der Waals surface area contributed by atoms with Crippen LogP contribution in [0.25, 0.3) is 22.2 Å². The van der Waals surface area contributed by atoms with Crippen LogP contribution in [0, 0.1) is 13.8 Å². The highest BCUT2D eigenvalue weighted by Crippen LogP contribution is 2.30. The Morgan fingerprint density at radius 3 is 2.53 bits per heavy atom. The Labute approximate surface area is 186 Å². The lowest BCUT2D eigenvalue weighted by atomic mass is 10.0. The van der Waals surface area contributed by atoms with E-state index in [9.17, 15) is 5.11 Å². The maximum absolute atomic E-state index is 11.2. The summed E-state index contributed by atoms with van der Waals surface area (Å²) in [5, 5.41) is 15.5. The summed E-state index contributed by atoms with van der Waals surface area (Å²) in [4.78, 5) is 8.93. The van der Waals surface area contributed by atoms with Crippen molar-refractivity contribution in [1.82, 2.24) is 24.3 Å². The SMILES string of the molecule is Cc1ccc(C)c(Cn2c(C(O)c3ccncc3)nc3ccc(-c4cnn(C)c4)cc32)c1. The van der Waals surface area contributed by atoms with Gasteiger partial charge in [0.2, 0.25) is 0 Å². The molecule has 1 unspecified atom stereocenters. The summed E-state index contributed by atoms with van der Waals surface area (Å²) in [6, 6.07) is 16.3. The van der Waals surface area contributed by atoms with Gasteiger partial charge in [0.1, 0.15) is 11.9 Å². The van der Waals surface area contributed by atoms with Crippen molar-refractivity contribution in [2.75, 3.05) is 0 Å². The number of aliphatic hydroxyl groups is 1. The van der Waals surface area contributed by atoms with Crippen molar-refractivity contribution in [1.29, 1.82) is 0 Å². The van der Waals surface area contributed by atoms with E-state index in [1.54, 1.807) is 17.1 Å². The van der Waals surface area contributed by atoms with Crippen LogP contribution >= 0.6 is 0 Å². The summed E-state index contributed by atoms with van der Waals surface area (Å²) in [6.45, 7) is 4.84. The van der Waals surface area contributed by atoms with Gasteiger partial charge in [-0.25, -0.2) is 4.98 Å². The molecule has 0 saturated heterocycles. The van der Waals surface area contributed by atoms with Crippen molar-refractivity contribution in [3.63, 3.8) is 0 Å². The fourth-order valence-corrected chi connectivity index (χ4v) is 4.10. The highest BCUT2D eigenvalue weighted by molar-refractivity contribution is 5.82. The molecule has 2 aromatic carbocycles. The van der Waals surface area contributed by atoms with Gasteiger partial charge in [-0.05, 0) is 60.4 Å². The minimum absolute atomic E-state index is 0.621. The molecule has 5 aromatic rings. The van der Waals surface area contributed by atoms with Gasteiger partial charge in [-0.1, -0.05) is 29.8 Å². The molecule has 160 valence electrons. The van der Waals surface area contributed by atoms with E-state index in [-0.39, 0.29) is 0 Å². The molecular formula is C26H25N5O. The van der Waals surface area contributed by atoms with E-state index >= 15 is 0 Å². The molecule has 5 rings (SSSR count). The second-order valence-electron chi connectivity index (χ2n) is 8.28. The van der Waals surface area contributed by atoms with Gasteiger partial charge in [0, 0.05) is 37.7 Å². The molecule has 32 heavy (non-hydrogen) atoms. The Morgan fingerprint density at radius 2 is 1.78 bits per heavy atom. The molecule has 6 heteroatoms. The first-order valence-corrected chi connectivity index (χ1v) is 10.6. The van der Waals surface area contributed by atoms with E-state index < -0.39 is 6.10 Å². The Bertz CT molecular complexity index is 1400. The number of aryl methyl sites for hydroxylation is 3. The molecule has 3 aromatic heterocycles. The van der Waals surface area contributed by atoms with Crippen LogP contribution in [-0.2, 0) is 13.6 Å². The molecule has 0 radical (unpaired) electrons. The third-order valence-electron chi connectivity index (χ3n) is 5.92. The molecule has 3 heterocycles. The summed E-state index contributed by atoms with van der Waals surface area (Å²) in [7, 11) is 1.91. The molecule has 6 nitrogen and oxygen atoms in total. The largest absolute Gasteiger partial charge is 0.380 e. The van der Waals surface area contributed by atoms with Gasteiger partial charge in [0.15, 0.2) is 0 Å². The third-order valence-corrected chi connectivity index (χ3v) is 5.92. The molecule has 1 atom stereocenters. The fourth-order valence-electron chi connectivity index (χ4n) is 4.10. The molecule has 0 amide bonds. The van der Waals surface area contributed by atoms with Gasteiger partial charge in [-0.2, -0.15) is 5.10 Å². The number of aliphatic hydroxyl groups excluding tert-OH is 1. The molecule has 0 bridgehead atoms. The van der Waals surface area contributed by atoms with E-state index in [4.69, 9.17) is 4.98 Å². The lowest BCUT2D eigenvalue weighted by molar-refractivity contribution is 0.206. The van der Waals surface area contributed by atoms with E-state index in [0.29, 0.717) is 12.4 Å². The van der Waals surface area contributed by atoms with Crippen LogP contribution in [-0.4, -0.2) is 29.4 Å². The monoisotopic (exact) mass is 423 g/mol. The zero-order valence-electron chi connectivity index (χ0n) is 18.4. The minimum atomic E-state index is -0.850. The topological polar surface area (TPSA) is 68.8 Å². The van der Waals surface area contributed by atoms with Gasteiger partial charge in [-0.15, -0.1) is 0 Å². The number of hydrogen-bond donors (Lipinski definition) is 1. The van der Waals surface area contributed by atoms with Gasteiger partial charge >= 0.3 is 0 Å². The van der Waals surface area contributed by atoms with E-state index in [0.717, 1.165) is 27.7 Å². The Morgan fingerprint density at radius 1 is 0.969 bits per heavy atom. The summed E-state index contributed by atoms with van der Waals surface area (Å²) in [6.07, 6.45) is 6.39. The summed E-state index contributed by atoms with van der Waals surface area (Å²) in [5.41, 5.74) is 8.35. The zero-order chi connectivity index (χ0) is 22.2. The second-order valence-corrected chi connectivity index (χ2v) is 8.28. The normalized spacial score (nSPS) is 12.4. The average Bonchev–Trinajstić information content (AvgIpc) is 3.40. The molecule has 0 fully saturated rings. The number of fused-ring (bicyclic) bond motifs is 1. The van der Waals surface area contributed by atoms with E-state index in [2.05, 4.69) is 58.8 Å². The van der Waals surface area contributed by atoms with Crippen molar-refractivity contribution >= 4 is 11.0 Å². The lowest BCUT2D eigenvalue weighted by Gasteiger charge is -2.16. The number of rotatable bonds is 5. The van der Waals surface area contributed by atoms with E-state index in [1.807, 2.05) is 37.6 Å². The first-order chi connectivity index (χ1) is 15.5. The number of pyridine rings is 1. The van der Waals surface area contributed by atoms with Crippen LogP contribution < -0.4 is 0 Å². The number of imidazole rings is 1. The Hall–Kier alpha value is -3.77. The standard InChI is InChI=1S/C26H25N5O/c1-17-4-5-18(2)21(12-17)16-31-24-13-20(22-14-28-30(3)15-22)6-7-23(24)29-26(31)25(32)19-8-10-27-11-9-19/h4-15,25,32H,16H2,1-3H3. The third kappa shape index (κ3) is 3.69. The zero-order valence-corrected chi connectivity index (χ0v) is 18.4. The van der Waals surface area contributed by atoms with Crippen molar-refractivity contribution in [3.8, 4) is 11.1 Å². The predicted octanol–water partition coefficient (Wildman–Crippen LogP) is 4.58. The summed E-state index contributed by atoms with van der Waals surface area (Å²) < 4.78 is 3.92. The van der Waals surface area contributed by atoms with Gasteiger partial charge in [-0.3, -0.25) is 9.67 Å². The van der Waals surface area contributed by atoms with Crippen molar-refractivity contribution in [2.45, 2.75) is 26.5 Å². The van der Waals surface area contributed by atoms with Crippen molar-refractivity contribution < 1.29 is 5.11 Å². The number of aromatic nitrogens is 5. The van der Waals surface area contributed by atoms with E-state index in [1.165, 1.54) is 16.7 Å². The number of nitrogens with zero attached hydrogens (tertiary/aromatic N) is 5. The smallest absolute Gasteiger partial charge is 0.143 e. The van der Waals surface area contributed by atoms with Gasteiger partial charge in [0.25, 0.3) is 0 Å². The molecule has 0 aliphatic carbocycles. The van der Waals surface area contributed by atoms with Crippen molar-refractivity contribution in [3.05, 3.63) is 101 Å². The number of benzene rings is 2. The summed E-state index contributed by atoms with van der Waals surface area (Å²) in [5.74, 6) is 0.621. The Balaban J connectivity index is 1.69.